The number of nitrogens with two attached hydrogens (primary N) is 1. The Balaban J connectivity index is 3.08. The maximum atomic E-state index is 6.13. The second-order valence-electron chi connectivity index (χ2n) is 4.40. The van der Waals surface area contributed by atoms with Crippen molar-refractivity contribution in [2.75, 3.05) is 7.05 Å². The van der Waals surface area contributed by atoms with E-state index in [1.54, 1.807) is 0 Å². The molecule has 0 bridgehead atoms. The fourth-order valence-corrected chi connectivity index (χ4v) is 1.84. The van der Waals surface area contributed by atoms with Gasteiger partial charge in [0.15, 0.2) is 0 Å². The Morgan fingerprint density at radius 2 is 1.86 bits per heavy atom. The smallest absolute Gasteiger partial charge is 0.0497 e. The SMILES string of the molecule is CNC(c1ccccc1C)C(C)(C)N. The quantitative estimate of drug-likeness (QED) is 0.768. The van der Waals surface area contributed by atoms with Crippen LogP contribution in [0.4, 0.5) is 0 Å². The Morgan fingerprint density at radius 3 is 2.29 bits per heavy atom. The van der Waals surface area contributed by atoms with Crippen molar-refractivity contribution in [1.29, 1.82) is 0 Å². The van der Waals surface area contributed by atoms with Crippen LogP contribution in [0.25, 0.3) is 0 Å². The van der Waals surface area contributed by atoms with E-state index in [0.717, 1.165) is 0 Å². The van der Waals surface area contributed by atoms with Crippen LogP contribution >= 0.6 is 0 Å². The largest absolute Gasteiger partial charge is 0.324 e. The summed E-state index contributed by atoms with van der Waals surface area (Å²) in [6, 6.07) is 8.55. The average molecular weight is 192 g/mol. The standard InChI is InChI=1S/C12H20N2/c1-9-7-5-6-8-10(9)11(14-4)12(2,3)13/h5-8,11,14H,13H2,1-4H3. The average Bonchev–Trinajstić information content (AvgIpc) is 2.07. The lowest BCUT2D eigenvalue weighted by Gasteiger charge is -2.31. The molecule has 1 atom stereocenters. The summed E-state index contributed by atoms with van der Waals surface area (Å²) in [7, 11) is 1.95. The molecule has 0 aliphatic carbocycles. The van der Waals surface area contributed by atoms with Gasteiger partial charge in [-0.3, -0.25) is 0 Å². The Kier molecular flexibility index (Phi) is 3.29. The van der Waals surface area contributed by atoms with Crippen molar-refractivity contribution < 1.29 is 0 Å². The highest BCUT2D eigenvalue weighted by molar-refractivity contribution is 5.30. The highest BCUT2D eigenvalue weighted by Gasteiger charge is 2.25. The predicted molar refractivity (Wildman–Crippen MR) is 61.2 cm³/mol. The third kappa shape index (κ3) is 2.34. The predicted octanol–water partition coefficient (Wildman–Crippen LogP) is 1.99. The molecule has 3 N–H and O–H groups in total. The summed E-state index contributed by atoms with van der Waals surface area (Å²) in [5.74, 6) is 0. The van der Waals surface area contributed by atoms with Gasteiger partial charge in [-0.25, -0.2) is 0 Å². The van der Waals surface area contributed by atoms with Crippen LogP contribution < -0.4 is 11.1 Å². The molecule has 0 aromatic heterocycles. The first-order valence-corrected chi connectivity index (χ1v) is 4.98. The van der Waals surface area contributed by atoms with Gasteiger partial charge in [-0.2, -0.15) is 0 Å². The van der Waals surface area contributed by atoms with E-state index in [0.29, 0.717) is 0 Å². The molecule has 0 saturated heterocycles. The highest BCUT2D eigenvalue weighted by Crippen LogP contribution is 2.25. The van der Waals surface area contributed by atoms with Crippen LogP contribution in [-0.2, 0) is 0 Å². The molecule has 0 spiro atoms. The third-order valence-corrected chi connectivity index (χ3v) is 2.53. The molecule has 14 heavy (non-hydrogen) atoms. The zero-order valence-electron chi connectivity index (χ0n) is 9.46. The molecule has 0 aliphatic heterocycles. The molecule has 0 amide bonds. The molecule has 0 aliphatic rings. The van der Waals surface area contributed by atoms with Gasteiger partial charge in [-0.15, -0.1) is 0 Å². The second-order valence-corrected chi connectivity index (χ2v) is 4.40. The van der Waals surface area contributed by atoms with E-state index in [2.05, 4.69) is 36.5 Å². The molecular formula is C12H20N2. The first-order chi connectivity index (χ1) is 6.46. The molecule has 1 unspecified atom stereocenters. The second kappa shape index (κ2) is 4.11. The Morgan fingerprint density at radius 1 is 1.29 bits per heavy atom. The van der Waals surface area contributed by atoms with Gasteiger partial charge in [0.2, 0.25) is 0 Å². The summed E-state index contributed by atoms with van der Waals surface area (Å²) in [5.41, 5.74) is 8.44. The summed E-state index contributed by atoms with van der Waals surface area (Å²) in [6.07, 6.45) is 0. The molecule has 78 valence electrons. The number of hydrogen-bond donors (Lipinski definition) is 2. The third-order valence-electron chi connectivity index (χ3n) is 2.53. The lowest BCUT2D eigenvalue weighted by molar-refractivity contribution is 0.369. The zero-order chi connectivity index (χ0) is 10.8. The molecule has 2 nitrogen and oxygen atoms in total. The van der Waals surface area contributed by atoms with Crippen LogP contribution in [0.1, 0.15) is 31.0 Å². The van der Waals surface area contributed by atoms with Crippen LogP contribution in [0.3, 0.4) is 0 Å². The van der Waals surface area contributed by atoms with Crippen molar-refractivity contribution in [1.82, 2.24) is 5.32 Å². The van der Waals surface area contributed by atoms with Crippen molar-refractivity contribution in [3.8, 4) is 0 Å². The van der Waals surface area contributed by atoms with E-state index in [1.807, 2.05) is 20.9 Å². The lowest BCUT2D eigenvalue weighted by Crippen LogP contribution is -2.45. The number of likely N-dealkylation sites (N-methyl/N-ethyl adjacent to an activating group) is 1. The van der Waals surface area contributed by atoms with Gasteiger partial charge in [-0.1, -0.05) is 24.3 Å². The van der Waals surface area contributed by atoms with E-state index in [-0.39, 0.29) is 11.6 Å². The molecule has 1 aromatic carbocycles. The van der Waals surface area contributed by atoms with Crippen LogP contribution in [0.15, 0.2) is 24.3 Å². The van der Waals surface area contributed by atoms with E-state index < -0.39 is 0 Å². The van der Waals surface area contributed by atoms with Crippen LogP contribution in [0.2, 0.25) is 0 Å². The summed E-state index contributed by atoms with van der Waals surface area (Å²) < 4.78 is 0. The molecule has 1 aromatic rings. The number of nitrogens with one attached hydrogen (secondary N) is 1. The molecular weight excluding hydrogens is 172 g/mol. The topological polar surface area (TPSA) is 38.0 Å². The monoisotopic (exact) mass is 192 g/mol. The molecule has 0 radical (unpaired) electrons. The van der Waals surface area contributed by atoms with Gasteiger partial charge in [-0.05, 0) is 38.9 Å². The normalized spacial score (nSPS) is 14.1. The van der Waals surface area contributed by atoms with Crippen molar-refractivity contribution in [3.63, 3.8) is 0 Å². The summed E-state index contributed by atoms with van der Waals surface area (Å²) in [6.45, 7) is 6.20. The van der Waals surface area contributed by atoms with Crippen molar-refractivity contribution in [2.24, 2.45) is 5.73 Å². The van der Waals surface area contributed by atoms with E-state index in [9.17, 15) is 0 Å². The van der Waals surface area contributed by atoms with E-state index in [4.69, 9.17) is 5.73 Å². The maximum Gasteiger partial charge on any atom is 0.0497 e. The van der Waals surface area contributed by atoms with Gasteiger partial charge in [0.1, 0.15) is 0 Å². The molecule has 0 saturated carbocycles. The minimum Gasteiger partial charge on any atom is -0.324 e. The van der Waals surface area contributed by atoms with Crippen molar-refractivity contribution >= 4 is 0 Å². The van der Waals surface area contributed by atoms with Crippen LogP contribution in [-0.4, -0.2) is 12.6 Å². The van der Waals surface area contributed by atoms with E-state index in [1.165, 1.54) is 11.1 Å². The summed E-state index contributed by atoms with van der Waals surface area (Å²) in [4.78, 5) is 0. The zero-order valence-corrected chi connectivity index (χ0v) is 9.46. The first-order valence-electron chi connectivity index (χ1n) is 4.98. The maximum absolute atomic E-state index is 6.13. The molecule has 0 fully saturated rings. The summed E-state index contributed by atoms with van der Waals surface area (Å²) in [5, 5.41) is 3.27. The van der Waals surface area contributed by atoms with Gasteiger partial charge >= 0.3 is 0 Å². The number of benzene rings is 1. The minimum atomic E-state index is -0.249. The van der Waals surface area contributed by atoms with Crippen LogP contribution in [0.5, 0.6) is 0 Å². The van der Waals surface area contributed by atoms with E-state index >= 15 is 0 Å². The number of hydrogen-bond acceptors (Lipinski definition) is 2. The van der Waals surface area contributed by atoms with Gasteiger partial charge in [0.25, 0.3) is 0 Å². The lowest BCUT2D eigenvalue weighted by atomic mass is 9.87. The fraction of sp³-hybridized carbons (Fsp3) is 0.500. The molecule has 1 rings (SSSR count). The summed E-state index contributed by atoms with van der Waals surface area (Å²) >= 11 is 0. The Hall–Kier alpha value is -0.860. The van der Waals surface area contributed by atoms with Crippen LogP contribution in [0, 0.1) is 6.92 Å². The number of rotatable bonds is 3. The van der Waals surface area contributed by atoms with Gasteiger partial charge < -0.3 is 11.1 Å². The van der Waals surface area contributed by atoms with Gasteiger partial charge in [0.05, 0.1) is 0 Å². The molecule has 2 heteroatoms. The minimum absolute atomic E-state index is 0.198. The number of aryl methyl sites for hydroxylation is 1. The Labute approximate surface area is 86.5 Å². The van der Waals surface area contributed by atoms with Crippen molar-refractivity contribution in [2.45, 2.75) is 32.4 Å². The fourth-order valence-electron chi connectivity index (χ4n) is 1.84. The first kappa shape index (κ1) is 11.2. The van der Waals surface area contributed by atoms with Crippen molar-refractivity contribution in [3.05, 3.63) is 35.4 Å². The Bertz CT molecular complexity index is 299. The highest BCUT2D eigenvalue weighted by atomic mass is 14.9. The van der Waals surface area contributed by atoms with Gasteiger partial charge in [0, 0.05) is 11.6 Å². The molecule has 0 heterocycles.